The third-order valence-electron chi connectivity index (χ3n) is 1.01. The van der Waals surface area contributed by atoms with E-state index in [0.717, 1.165) is 6.54 Å². The molecule has 0 aliphatic carbocycles. The molecule has 0 aromatic carbocycles. The molecule has 2 N–H and O–H groups in total. The molecule has 1 heterocycles. The molecule has 0 radical (unpaired) electrons. The molecule has 2 nitrogen and oxygen atoms in total. The molecule has 0 spiro atoms. The van der Waals surface area contributed by atoms with Crippen LogP contribution in [-0.2, 0) is 0 Å². The van der Waals surface area contributed by atoms with Crippen LogP contribution in [0.1, 0.15) is 6.92 Å². The molecule has 0 bridgehead atoms. The van der Waals surface area contributed by atoms with Crippen molar-refractivity contribution in [3.05, 3.63) is 12.3 Å². The second-order valence-corrected chi connectivity index (χ2v) is 1.70. The minimum atomic E-state index is 0.449. The Morgan fingerprint density at radius 3 is 2.86 bits per heavy atom. The van der Waals surface area contributed by atoms with Crippen molar-refractivity contribution >= 4 is 0 Å². The Labute approximate surface area is 43.6 Å². The van der Waals surface area contributed by atoms with E-state index in [9.17, 15) is 0 Å². The van der Waals surface area contributed by atoms with Gasteiger partial charge in [0.2, 0.25) is 0 Å². The van der Waals surface area contributed by atoms with E-state index in [-0.39, 0.29) is 0 Å². The maximum Gasteiger partial charge on any atom is 0.0736 e. The van der Waals surface area contributed by atoms with E-state index < -0.39 is 0 Å². The van der Waals surface area contributed by atoms with Crippen LogP contribution >= 0.6 is 0 Å². The summed E-state index contributed by atoms with van der Waals surface area (Å²) in [5, 5.41) is 6.27. The van der Waals surface area contributed by atoms with Crippen molar-refractivity contribution in [3.63, 3.8) is 0 Å². The summed E-state index contributed by atoms with van der Waals surface area (Å²) in [6, 6.07) is 0. The predicted molar refractivity (Wildman–Crippen MR) is 29.7 cm³/mol. The minimum Gasteiger partial charge on any atom is -0.376 e. The van der Waals surface area contributed by atoms with Crippen molar-refractivity contribution in [2.45, 2.75) is 13.1 Å². The first-order chi connectivity index (χ1) is 3.39. The van der Waals surface area contributed by atoms with E-state index in [1.165, 1.54) is 0 Å². The lowest BCUT2D eigenvalue weighted by molar-refractivity contribution is 0.515. The monoisotopic (exact) mass is 98.1 g/mol. The van der Waals surface area contributed by atoms with Crippen molar-refractivity contribution < 1.29 is 0 Å². The van der Waals surface area contributed by atoms with Gasteiger partial charge in [0.1, 0.15) is 0 Å². The lowest BCUT2D eigenvalue weighted by Crippen LogP contribution is -2.39. The number of hydrogen-bond donors (Lipinski definition) is 2. The highest BCUT2D eigenvalue weighted by Gasteiger charge is 1.96. The molecule has 1 unspecified atom stereocenters. The van der Waals surface area contributed by atoms with E-state index in [1.807, 2.05) is 6.20 Å². The first-order valence-corrected chi connectivity index (χ1v) is 2.54. The van der Waals surface area contributed by atoms with Crippen molar-refractivity contribution in [2.75, 3.05) is 6.54 Å². The lowest BCUT2D eigenvalue weighted by atomic mass is 10.4. The molecule has 0 aromatic rings. The van der Waals surface area contributed by atoms with Gasteiger partial charge in [-0.1, -0.05) is 6.08 Å². The summed E-state index contributed by atoms with van der Waals surface area (Å²) in [6.45, 7) is 3.08. The van der Waals surface area contributed by atoms with Crippen molar-refractivity contribution in [3.8, 4) is 0 Å². The molecule has 1 aliphatic rings. The third kappa shape index (κ3) is 1.20. The first-order valence-electron chi connectivity index (χ1n) is 2.54. The van der Waals surface area contributed by atoms with Gasteiger partial charge in [-0.3, -0.25) is 5.32 Å². The summed E-state index contributed by atoms with van der Waals surface area (Å²) in [6.07, 6.45) is 4.48. The van der Waals surface area contributed by atoms with Gasteiger partial charge in [-0.25, -0.2) is 0 Å². The SMILES string of the molecule is CC1NC=CCN1. The molecule has 7 heavy (non-hydrogen) atoms. The molecule has 40 valence electrons. The van der Waals surface area contributed by atoms with Gasteiger partial charge in [0.25, 0.3) is 0 Å². The van der Waals surface area contributed by atoms with Crippen LogP contribution in [0.2, 0.25) is 0 Å². The van der Waals surface area contributed by atoms with E-state index in [4.69, 9.17) is 0 Å². The van der Waals surface area contributed by atoms with Crippen LogP contribution in [0.4, 0.5) is 0 Å². The van der Waals surface area contributed by atoms with Crippen LogP contribution in [0, 0.1) is 0 Å². The topological polar surface area (TPSA) is 24.1 Å². The van der Waals surface area contributed by atoms with Crippen LogP contribution in [0.5, 0.6) is 0 Å². The van der Waals surface area contributed by atoms with E-state index >= 15 is 0 Å². The highest BCUT2D eigenvalue weighted by molar-refractivity contribution is 4.88. The second-order valence-electron chi connectivity index (χ2n) is 1.70. The zero-order valence-electron chi connectivity index (χ0n) is 4.44. The highest BCUT2D eigenvalue weighted by atomic mass is 15.1. The van der Waals surface area contributed by atoms with Crippen molar-refractivity contribution in [1.29, 1.82) is 0 Å². The molecule has 0 amide bonds. The van der Waals surface area contributed by atoms with E-state index in [1.54, 1.807) is 0 Å². The van der Waals surface area contributed by atoms with Gasteiger partial charge in [-0.2, -0.15) is 0 Å². The van der Waals surface area contributed by atoms with Gasteiger partial charge in [-0.05, 0) is 13.1 Å². The van der Waals surface area contributed by atoms with E-state index in [0.29, 0.717) is 6.17 Å². The summed E-state index contributed by atoms with van der Waals surface area (Å²) in [5.41, 5.74) is 0. The maximum atomic E-state index is 3.18. The summed E-state index contributed by atoms with van der Waals surface area (Å²) in [5.74, 6) is 0. The highest BCUT2D eigenvalue weighted by Crippen LogP contribution is 1.80. The van der Waals surface area contributed by atoms with Gasteiger partial charge in [0.15, 0.2) is 0 Å². The third-order valence-corrected chi connectivity index (χ3v) is 1.01. The molecule has 0 aromatic heterocycles. The zero-order chi connectivity index (χ0) is 5.11. The van der Waals surface area contributed by atoms with Crippen LogP contribution in [0.3, 0.4) is 0 Å². The fourth-order valence-electron chi connectivity index (χ4n) is 0.575. The van der Waals surface area contributed by atoms with Crippen LogP contribution in [-0.4, -0.2) is 12.7 Å². The zero-order valence-corrected chi connectivity index (χ0v) is 4.44. The molecular formula is C5H10N2. The Morgan fingerprint density at radius 2 is 2.57 bits per heavy atom. The minimum absolute atomic E-state index is 0.449. The number of nitrogens with one attached hydrogen (secondary N) is 2. The molecule has 1 atom stereocenters. The maximum absolute atomic E-state index is 3.18. The summed E-state index contributed by atoms with van der Waals surface area (Å²) in [4.78, 5) is 0. The normalized spacial score (nSPS) is 29.6. The first kappa shape index (κ1) is 4.65. The van der Waals surface area contributed by atoms with Crippen molar-refractivity contribution in [1.82, 2.24) is 10.6 Å². The smallest absolute Gasteiger partial charge is 0.0736 e. The average molecular weight is 98.1 g/mol. The fraction of sp³-hybridized carbons (Fsp3) is 0.600. The standard InChI is InChI=1S/C5H10N2/c1-5-6-3-2-4-7-5/h2-3,5-7H,4H2,1H3. The fourth-order valence-corrected chi connectivity index (χ4v) is 0.575. The molecule has 1 aliphatic heterocycles. The van der Waals surface area contributed by atoms with Crippen LogP contribution < -0.4 is 10.6 Å². The summed E-state index contributed by atoms with van der Waals surface area (Å²) in [7, 11) is 0. The number of hydrogen-bond acceptors (Lipinski definition) is 2. The van der Waals surface area contributed by atoms with Gasteiger partial charge >= 0.3 is 0 Å². The second kappa shape index (κ2) is 1.98. The average Bonchev–Trinajstić information content (AvgIpc) is 1.69. The Balaban J connectivity index is 2.32. The molecule has 1 rings (SSSR count). The van der Waals surface area contributed by atoms with Gasteiger partial charge < -0.3 is 5.32 Å². The summed E-state index contributed by atoms with van der Waals surface area (Å²) < 4.78 is 0. The Bertz CT molecular complexity index is 78.1. The van der Waals surface area contributed by atoms with Gasteiger partial charge in [0, 0.05) is 6.54 Å². The predicted octanol–water partition coefficient (Wildman–Crippen LogP) is 0.0389. The lowest BCUT2D eigenvalue weighted by Gasteiger charge is -2.15. The van der Waals surface area contributed by atoms with E-state index in [2.05, 4.69) is 23.6 Å². The summed E-state index contributed by atoms with van der Waals surface area (Å²) >= 11 is 0. The Morgan fingerprint density at radius 1 is 1.71 bits per heavy atom. The molecule has 0 saturated heterocycles. The number of rotatable bonds is 0. The van der Waals surface area contributed by atoms with Gasteiger partial charge in [-0.15, -0.1) is 0 Å². The molecule has 2 heteroatoms. The largest absolute Gasteiger partial charge is 0.376 e. The van der Waals surface area contributed by atoms with Crippen LogP contribution in [0.15, 0.2) is 12.3 Å². The molecule has 0 fully saturated rings. The Kier molecular flexibility index (Phi) is 1.32. The van der Waals surface area contributed by atoms with Gasteiger partial charge in [0.05, 0.1) is 6.17 Å². The quantitative estimate of drug-likeness (QED) is 0.447. The molecular weight excluding hydrogens is 88.1 g/mol. The Hall–Kier alpha value is -0.500. The molecule has 0 saturated carbocycles. The van der Waals surface area contributed by atoms with Crippen molar-refractivity contribution in [2.24, 2.45) is 0 Å². The van der Waals surface area contributed by atoms with Crippen LogP contribution in [0.25, 0.3) is 0 Å².